The first-order chi connectivity index (χ1) is 13.9. The van der Waals surface area contributed by atoms with Crippen molar-refractivity contribution >= 4 is 36.0 Å². The van der Waals surface area contributed by atoms with E-state index in [4.69, 9.17) is 9.73 Å². The molecule has 3 heterocycles. The molecule has 1 aromatic heterocycles. The monoisotopic (exact) mass is 533 g/mol. The van der Waals surface area contributed by atoms with Gasteiger partial charge in [-0.05, 0) is 47.0 Å². The number of amides is 1. The van der Waals surface area contributed by atoms with E-state index >= 15 is 0 Å². The third kappa shape index (κ3) is 6.98. The first kappa shape index (κ1) is 24.7. The predicted molar refractivity (Wildman–Crippen MR) is 127 cm³/mol. The van der Waals surface area contributed by atoms with Crippen LogP contribution in [0.4, 0.5) is 4.79 Å². The average Bonchev–Trinajstić information content (AvgIpc) is 3.17. The number of alkyl carbamates (subject to hydrolysis) is 1. The summed E-state index contributed by atoms with van der Waals surface area (Å²) in [4.78, 5) is 19.0. The number of carbonyl (C=O) groups is 1. The Labute approximate surface area is 196 Å². The normalized spacial score (nSPS) is 19.5. The van der Waals surface area contributed by atoms with E-state index in [0.29, 0.717) is 13.1 Å². The minimum atomic E-state index is -0.491. The van der Waals surface area contributed by atoms with Crippen molar-refractivity contribution in [3.63, 3.8) is 0 Å². The second-order valence-corrected chi connectivity index (χ2v) is 8.74. The average molecular weight is 533 g/mol. The number of halogens is 1. The Hall–Kier alpha value is -1.59. The predicted octanol–water partition coefficient (Wildman–Crippen LogP) is 2.69. The number of likely N-dealkylation sites (tertiary alicyclic amines) is 1. The molecule has 1 amide bonds. The molecule has 0 aromatic carbocycles. The van der Waals surface area contributed by atoms with Gasteiger partial charge in [0.1, 0.15) is 18.0 Å². The molecular formula is C20H36IN7O2. The third-order valence-corrected chi connectivity index (χ3v) is 5.10. The number of aromatic nitrogens is 3. The van der Waals surface area contributed by atoms with E-state index in [1.54, 1.807) is 0 Å². The van der Waals surface area contributed by atoms with Gasteiger partial charge in [-0.3, -0.25) is 0 Å². The number of aryl methyl sites for hydroxylation is 1. The lowest BCUT2D eigenvalue weighted by Crippen LogP contribution is -2.44. The summed E-state index contributed by atoms with van der Waals surface area (Å²) in [7, 11) is 0. The van der Waals surface area contributed by atoms with Gasteiger partial charge in [-0.1, -0.05) is 6.42 Å². The summed E-state index contributed by atoms with van der Waals surface area (Å²) in [5, 5.41) is 15.1. The smallest absolute Gasteiger partial charge is 0.407 e. The fourth-order valence-corrected chi connectivity index (χ4v) is 3.78. The van der Waals surface area contributed by atoms with Crippen LogP contribution in [0.3, 0.4) is 0 Å². The maximum absolute atomic E-state index is 12.0. The molecule has 2 aliphatic heterocycles. The van der Waals surface area contributed by atoms with Gasteiger partial charge < -0.3 is 24.8 Å². The van der Waals surface area contributed by atoms with Gasteiger partial charge in [0.25, 0.3) is 0 Å². The first-order valence-electron chi connectivity index (χ1n) is 10.8. The molecule has 1 aromatic rings. The van der Waals surface area contributed by atoms with Crippen molar-refractivity contribution in [1.82, 2.24) is 30.3 Å². The number of guanidine groups is 1. The molecule has 30 heavy (non-hydrogen) atoms. The number of nitrogens with zero attached hydrogens (tertiary/aromatic N) is 5. The molecule has 1 atom stereocenters. The number of fused-ring (bicyclic) bond motifs is 1. The minimum absolute atomic E-state index is 0. The number of carbonyl (C=O) groups excluding carboxylic acids is 1. The van der Waals surface area contributed by atoms with Gasteiger partial charge in [0.15, 0.2) is 11.8 Å². The number of hydrogen-bond acceptors (Lipinski definition) is 5. The van der Waals surface area contributed by atoms with Crippen LogP contribution in [0.2, 0.25) is 0 Å². The Kier molecular flexibility index (Phi) is 9.17. The Balaban J connectivity index is 0.00000320. The minimum Gasteiger partial charge on any atom is -0.444 e. The fourth-order valence-electron chi connectivity index (χ4n) is 3.78. The molecule has 0 bridgehead atoms. The van der Waals surface area contributed by atoms with Crippen molar-refractivity contribution < 1.29 is 9.53 Å². The quantitative estimate of drug-likeness (QED) is 0.351. The molecule has 170 valence electrons. The van der Waals surface area contributed by atoms with Crippen LogP contribution in [0, 0.1) is 0 Å². The number of nitrogens with one attached hydrogen (secondary N) is 2. The number of aliphatic imine (C=N–C) groups is 1. The number of hydrogen-bond donors (Lipinski definition) is 2. The second kappa shape index (κ2) is 11.1. The molecular weight excluding hydrogens is 497 g/mol. The van der Waals surface area contributed by atoms with E-state index < -0.39 is 5.60 Å². The molecule has 10 heteroatoms. The topological polar surface area (TPSA) is 96.7 Å². The third-order valence-electron chi connectivity index (χ3n) is 5.10. The largest absolute Gasteiger partial charge is 0.444 e. The van der Waals surface area contributed by atoms with Gasteiger partial charge in [0.2, 0.25) is 0 Å². The Bertz CT molecular complexity index is 729. The van der Waals surface area contributed by atoms with Crippen molar-refractivity contribution in [2.24, 2.45) is 4.99 Å². The maximum atomic E-state index is 12.0. The van der Waals surface area contributed by atoms with Crippen LogP contribution in [0.5, 0.6) is 0 Å². The highest BCUT2D eigenvalue weighted by Gasteiger charge is 2.28. The van der Waals surface area contributed by atoms with Crippen molar-refractivity contribution in [2.45, 2.75) is 84.5 Å². The first-order valence-corrected chi connectivity index (χ1v) is 10.8. The van der Waals surface area contributed by atoms with Crippen molar-refractivity contribution in [3.8, 4) is 0 Å². The lowest BCUT2D eigenvalue weighted by Gasteiger charge is -2.23. The second-order valence-electron chi connectivity index (χ2n) is 8.74. The summed E-state index contributed by atoms with van der Waals surface area (Å²) in [6.45, 7) is 11.5. The van der Waals surface area contributed by atoms with Crippen LogP contribution in [-0.2, 0) is 24.2 Å². The van der Waals surface area contributed by atoms with Gasteiger partial charge in [-0.2, -0.15) is 0 Å². The summed E-state index contributed by atoms with van der Waals surface area (Å²) in [5.74, 6) is 2.87. The standard InChI is InChI=1S/C20H35N7O2.HI/c1-5-21-18(22-13-17-25-24-16-9-7-6-8-11-27(16)17)26-12-10-15(14-26)23-19(28)29-20(2,3)4;/h15H,5-14H2,1-4H3,(H,21,22)(H,23,28);1H. The fraction of sp³-hybridized carbons (Fsp3) is 0.800. The molecule has 0 radical (unpaired) electrons. The molecule has 9 nitrogen and oxygen atoms in total. The zero-order chi connectivity index (χ0) is 20.9. The number of ether oxygens (including phenoxy) is 1. The molecule has 1 unspecified atom stereocenters. The van der Waals surface area contributed by atoms with Gasteiger partial charge >= 0.3 is 6.09 Å². The van der Waals surface area contributed by atoms with Crippen LogP contribution < -0.4 is 10.6 Å². The summed E-state index contributed by atoms with van der Waals surface area (Å²) in [6, 6.07) is 0.0538. The van der Waals surface area contributed by atoms with Crippen LogP contribution in [0.1, 0.15) is 65.0 Å². The Morgan fingerprint density at radius 3 is 2.77 bits per heavy atom. The molecule has 0 aliphatic carbocycles. The van der Waals surface area contributed by atoms with Gasteiger partial charge in [0.05, 0.1) is 6.04 Å². The molecule has 1 fully saturated rings. The molecule has 0 saturated carbocycles. The van der Waals surface area contributed by atoms with Gasteiger partial charge in [-0.15, -0.1) is 34.2 Å². The highest BCUT2D eigenvalue weighted by molar-refractivity contribution is 14.0. The van der Waals surface area contributed by atoms with Crippen molar-refractivity contribution in [2.75, 3.05) is 19.6 Å². The molecule has 1 saturated heterocycles. The van der Waals surface area contributed by atoms with E-state index in [1.807, 2.05) is 20.8 Å². The molecule has 0 spiro atoms. The SMILES string of the molecule is CCNC(=NCc1nnc2n1CCCCC2)N1CCC(NC(=O)OC(C)(C)C)C1.I. The molecule has 2 aliphatic rings. The highest BCUT2D eigenvalue weighted by atomic mass is 127. The summed E-state index contributed by atoms with van der Waals surface area (Å²) < 4.78 is 7.60. The van der Waals surface area contributed by atoms with E-state index in [0.717, 1.165) is 50.1 Å². The lowest BCUT2D eigenvalue weighted by atomic mass is 10.2. The van der Waals surface area contributed by atoms with Crippen LogP contribution >= 0.6 is 24.0 Å². The van der Waals surface area contributed by atoms with Crippen molar-refractivity contribution in [1.29, 1.82) is 0 Å². The van der Waals surface area contributed by atoms with Gasteiger partial charge in [0, 0.05) is 32.6 Å². The lowest BCUT2D eigenvalue weighted by molar-refractivity contribution is 0.0507. The van der Waals surface area contributed by atoms with Crippen LogP contribution in [0.25, 0.3) is 0 Å². The van der Waals surface area contributed by atoms with Crippen molar-refractivity contribution in [3.05, 3.63) is 11.6 Å². The highest BCUT2D eigenvalue weighted by Crippen LogP contribution is 2.16. The van der Waals surface area contributed by atoms with E-state index in [1.165, 1.54) is 19.3 Å². The van der Waals surface area contributed by atoms with E-state index in [2.05, 4.69) is 37.2 Å². The maximum Gasteiger partial charge on any atom is 0.407 e. The summed E-state index contributed by atoms with van der Waals surface area (Å²) in [5.41, 5.74) is -0.491. The summed E-state index contributed by atoms with van der Waals surface area (Å²) >= 11 is 0. The van der Waals surface area contributed by atoms with E-state index in [-0.39, 0.29) is 36.1 Å². The van der Waals surface area contributed by atoms with Crippen LogP contribution in [-0.4, -0.2) is 63.0 Å². The van der Waals surface area contributed by atoms with Crippen LogP contribution in [0.15, 0.2) is 4.99 Å². The Morgan fingerprint density at radius 1 is 1.23 bits per heavy atom. The zero-order valence-electron chi connectivity index (χ0n) is 18.6. The van der Waals surface area contributed by atoms with Gasteiger partial charge in [-0.25, -0.2) is 9.79 Å². The molecule has 3 rings (SSSR count). The molecule has 2 N–H and O–H groups in total. The zero-order valence-corrected chi connectivity index (χ0v) is 20.9. The Morgan fingerprint density at radius 2 is 2.03 bits per heavy atom. The van der Waals surface area contributed by atoms with E-state index in [9.17, 15) is 4.79 Å². The number of rotatable bonds is 4. The summed E-state index contributed by atoms with van der Waals surface area (Å²) in [6.07, 6.45) is 5.10.